The predicted molar refractivity (Wildman–Crippen MR) is 75.6 cm³/mol. The van der Waals surface area contributed by atoms with Crippen LogP contribution in [0.5, 0.6) is 0 Å². The van der Waals surface area contributed by atoms with Gasteiger partial charge in [-0.1, -0.05) is 24.9 Å². The van der Waals surface area contributed by atoms with Crippen molar-refractivity contribution in [3.8, 4) is 0 Å². The molecule has 0 saturated heterocycles. The van der Waals surface area contributed by atoms with Gasteiger partial charge in [0.1, 0.15) is 4.90 Å². The number of halogens is 1. The summed E-state index contributed by atoms with van der Waals surface area (Å²) in [6.45, 7) is 2.19. The monoisotopic (exact) mass is 302 g/mol. The summed E-state index contributed by atoms with van der Waals surface area (Å²) in [6.07, 6.45) is 7.92. The van der Waals surface area contributed by atoms with E-state index < -0.39 is 10.0 Å². The average molecular weight is 303 g/mol. The van der Waals surface area contributed by atoms with Crippen LogP contribution in [0.25, 0.3) is 0 Å². The highest BCUT2D eigenvalue weighted by Gasteiger charge is 2.26. The molecule has 1 N–H and O–H groups in total. The highest BCUT2D eigenvalue weighted by molar-refractivity contribution is 7.89. The Hall–Kier alpha value is -0.650. The summed E-state index contributed by atoms with van der Waals surface area (Å²) in [7, 11) is -3.56. The van der Waals surface area contributed by atoms with Crippen molar-refractivity contribution >= 4 is 21.6 Å². The van der Waals surface area contributed by atoms with Gasteiger partial charge in [0.05, 0.1) is 5.02 Å². The molecular formula is C13H19ClN2O2S. The fraction of sp³-hybridized carbons (Fsp3) is 0.615. The van der Waals surface area contributed by atoms with E-state index in [1.165, 1.54) is 24.9 Å². The molecule has 2 rings (SSSR count). The first-order valence-corrected chi connectivity index (χ1v) is 8.51. The van der Waals surface area contributed by atoms with Gasteiger partial charge in [-0.25, -0.2) is 13.1 Å². The second-order valence-electron chi connectivity index (χ2n) is 5.05. The molecule has 0 aliphatic heterocycles. The molecule has 6 heteroatoms. The van der Waals surface area contributed by atoms with Crippen molar-refractivity contribution in [1.82, 2.24) is 9.71 Å². The van der Waals surface area contributed by atoms with Crippen LogP contribution in [0.3, 0.4) is 0 Å². The first kappa shape index (κ1) is 14.8. The average Bonchev–Trinajstić information content (AvgIpc) is 2.39. The smallest absolute Gasteiger partial charge is 0.243 e. The van der Waals surface area contributed by atoms with Crippen molar-refractivity contribution in [3.63, 3.8) is 0 Å². The normalized spacial score (nSPS) is 24.3. The molecule has 1 aromatic rings. The highest BCUT2D eigenvalue weighted by atomic mass is 35.5. The maximum atomic E-state index is 12.2. The Morgan fingerprint density at radius 3 is 2.63 bits per heavy atom. The highest BCUT2D eigenvalue weighted by Crippen LogP contribution is 2.28. The molecule has 19 heavy (non-hydrogen) atoms. The lowest BCUT2D eigenvalue weighted by Gasteiger charge is -2.28. The maximum absolute atomic E-state index is 12.2. The van der Waals surface area contributed by atoms with Gasteiger partial charge in [0.2, 0.25) is 10.0 Å². The number of aromatic nitrogens is 1. The van der Waals surface area contributed by atoms with Gasteiger partial charge >= 0.3 is 0 Å². The fourth-order valence-corrected chi connectivity index (χ4v) is 4.27. The number of nitrogens with one attached hydrogen (secondary N) is 1. The van der Waals surface area contributed by atoms with Crippen LogP contribution in [0.15, 0.2) is 23.4 Å². The first-order valence-electron chi connectivity index (χ1n) is 6.64. The van der Waals surface area contributed by atoms with E-state index in [1.54, 1.807) is 0 Å². The van der Waals surface area contributed by atoms with Gasteiger partial charge in [0.15, 0.2) is 0 Å². The van der Waals surface area contributed by atoms with Gasteiger partial charge in [-0.05, 0) is 37.7 Å². The van der Waals surface area contributed by atoms with E-state index >= 15 is 0 Å². The molecule has 0 bridgehead atoms. The van der Waals surface area contributed by atoms with Crippen molar-refractivity contribution in [2.75, 3.05) is 0 Å². The van der Waals surface area contributed by atoms with Crippen LogP contribution in [0.4, 0.5) is 0 Å². The second kappa shape index (κ2) is 6.20. The van der Waals surface area contributed by atoms with E-state index in [9.17, 15) is 8.42 Å². The minimum absolute atomic E-state index is 0.0177. The molecule has 0 atom stereocenters. The van der Waals surface area contributed by atoms with E-state index in [1.807, 2.05) is 0 Å². The maximum Gasteiger partial charge on any atom is 0.243 e. The number of hydrogen-bond acceptors (Lipinski definition) is 3. The molecule has 0 amide bonds. The van der Waals surface area contributed by atoms with Gasteiger partial charge in [0.25, 0.3) is 0 Å². The van der Waals surface area contributed by atoms with Crippen molar-refractivity contribution in [2.45, 2.75) is 50.0 Å². The van der Waals surface area contributed by atoms with Crippen LogP contribution < -0.4 is 4.72 Å². The molecular weight excluding hydrogens is 284 g/mol. The molecule has 4 nitrogen and oxygen atoms in total. The molecule has 1 aliphatic rings. The zero-order valence-corrected chi connectivity index (χ0v) is 12.5. The van der Waals surface area contributed by atoms with E-state index in [2.05, 4.69) is 16.6 Å². The molecule has 0 radical (unpaired) electrons. The molecule has 1 aromatic heterocycles. The second-order valence-corrected chi connectivity index (χ2v) is 7.14. The van der Waals surface area contributed by atoms with Crippen LogP contribution >= 0.6 is 11.6 Å². The summed E-state index contributed by atoms with van der Waals surface area (Å²) in [5, 5.41) is 0.213. The molecule has 1 heterocycles. The largest absolute Gasteiger partial charge is 0.263 e. The van der Waals surface area contributed by atoms with Gasteiger partial charge < -0.3 is 0 Å². The Morgan fingerprint density at radius 2 is 2.05 bits per heavy atom. The van der Waals surface area contributed by atoms with Gasteiger partial charge in [-0.15, -0.1) is 0 Å². The number of pyridine rings is 1. The first-order chi connectivity index (χ1) is 9.03. The molecule has 0 unspecified atom stereocenters. The van der Waals surface area contributed by atoms with E-state index in [4.69, 9.17) is 11.6 Å². The van der Waals surface area contributed by atoms with Crippen molar-refractivity contribution in [2.24, 2.45) is 5.92 Å². The van der Waals surface area contributed by atoms with Crippen LogP contribution in [-0.2, 0) is 10.0 Å². The zero-order chi connectivity index (χ0) is 13.9. The summed E-state index contributed by atoms with van der Waals surface area (Å²) in [5.41, 5.74) is 0. The van der Waals surface area contributed by atoms with Crippen LogP contribution in [0, 0.1) is 5.92 Å². The summed E-state index contributed by atoms with van der Waals surface area (Å²) in [4.78, 5) is 3.89. The Bertz CT molecular complexity index is 525. The van der Waals surface area contributed by atoms with E-state index in [0.29, 0.717) is 0 Å². The number of sulfonamides is 1. The molecule has 106 valence electrons. The topological polar surface area (TPSA) is 59.1 Å². The van der Waals surface area contributed by atoms with Crippen LogP contribution in [-0.4, -0.2) is 19.4 Å². The summed E-state index contributed by atoms with van der Waals surface area (Å²) >= 11 is 5.91. The molecule has 1 aliphatic carbocycles. The third kappa shape index (κ3) is 3.68. The van der Waals surface area contributed by atoms with Crippen molar-refractivity contribution in [1.29, 1.82) is 0 Å². The predicted octanol–water partition coefficient (Wildman–Crippen LogP) is 2.98. The van der Waals surface area contributed by atoms with Crippen molar-refractivity contribution < 1.29 is 8.42 Å². The molecule has 0 aromatic carbocycles. The Balaban J connectivity index is 2.05. The Labute approximate surface area is 119 Å². The SMILES string of the molecule is CCC1CCC(NS(=O)(=O)c2cnccc2Cl)CC1. The fourth-order valence-electron chi connectivity index (χ4n) is 2.53. The minimum Gasteiger partial charge on any atom is -0.263 e. The quantitative estimate of drug-likeness (QED) is 0.930. The minimum atomic E-state index is -3.56. The number of nitrogens with zero attached hydrogens (tertiary/aromatic N) is 1. The molecule has 0 spiro atoms. The van der Waals surface area contributed by atoms with Crippen LogP contribution in [0.1, 0.15) is 39.0 Å². The Morgan fingerprint density at radius 1 is 1.37 bits per heavy atom. The lowest BCUT2D eigenvalue weighted by atomic mass is 9.85. The third-order valence-corrected chi connectivity index (χ3v) is 5.76. The van der Waals surface area contributed by atoms with Gasteiger partial charge in [-0.2, -0.15) is 0 Å². The summed E-state index contributed by atoms with van der Waals surface area (Å²) in [5.74, 6) is 0.739. The van der Waals surface area contributed by atoms with E-state index in [-0.39, 0.29) is 16.0 Å². The third-order valence-electron chi connectivity index (χ3n) is 3.77. The number of hydrogen-bond donors (Lipinski definition) is 1. The Kier molecular flexibility index (Phi) is 4.81. The number of rotatable bonds is 4. The lowest BCUT2D eigenvalue weighted by Crippen LogP contribution is -2.37. The molecule has 1 fully saturated rings. The zero-order valence-electron chi connectivity index (χ0n) is 11.0. The van der Waals surface area contributed by atoms with Crippen LogP contribution in [0.2, 0.25) is 5.02 Å². The molecule has 1 saturated carbocycles. The van der Waals surface area contributed by atoms with Crippen molar-refractivity contribution in [3.05, 3.63) is 23.5 Å². The summed E-state index contributed by atoms with van der Waals surface area (Å²) < 4.78 is 27.2. The van der Waals surface area contributed by atoms with Gasteiger partial charge in [-0.3, -0.25) is 4.98 Å². The standard InChI is InChI=1S/C13H19ClN2O2S/c1-2-10-3-5-11(6-4-10)16-19(17,18)13-9-15-8-7-12(13)14/h7-11,16H,2-6H2,1H3. The van der Waals surface area contributed by atoms with E-state index in [0.717, 1.165) is 31.6 Å². The van der Waals surface area contributed by atoms with Gasteiger partial charge in [0, 0.05) is 18.4 Å². The lowest BCUT2D eigenvalue weighted by molar-refractivity contribution is 0.306. The summed E-state index contributed by atoms with van der Waals surface area (Å²) in [6, 6.07) is 1.51.